The Kier molecular flexibility index (Phi) is 6.13. The zero-order chi connectivity index (χ0) is 22.3. The normalized spacial score (nSPS) is 11.2. The molecule has 0 bridgehead atoms. The molecule has 33 heavy (non-hydrogen) atoms. The van der Waals surface area contributed by atoms with Gasteiger partial charge in [0.1, 0.15) is 0 Å². The Morgan fingerprint density at radius 3 is 1.48 bits per heavy atom. The van der Waals surface area contributed by atoms with Gasteiger partial charge in [-0.15, -0.1) is 0 Å². The lowest BCUT2D eigenvalue weighted by molar-refractivity contribution is 1.27. The molecule has 0 N–H and O–H groups in total. The predicted molar refractivity (Wildman–Crippen MR) is 141 cm³/mol. The quantitative estimate of drug-likeness (QED) is 0.247. The number of rotatable bonds is 6. The van der Waals surface area contributed by atoms with Gasteiger partial charge in [0.15, 0.2) is 0 Å². The van der Waals surface area contributed by atoms with E-state index in [4.69, 9.17) is 0 Å². The van der Waals surface area contributed by atoms with Gasteiger partial charge in [-0.25, -0.2) is 0 Å². The lowest BCUT2D eigenvalue weighted by Crippen LogP contribution is -2.12. The van der Waals surface area contributed by atoms with Crippen LogP contribution in [0.4, 0.5) is 17.1 Å². The fourth-order valence-electron chi connectivity index (χ4n) is 4.13. The fraction of sp³-hybridized carbons (Fsp3) is 0. The van der Waals surface area contributed by atoms with Crippen LogP contribution >= 0.6 is 0 Å². The van der Waals surface area contributed by atoms with Gasteiger partial charge in [0.05, 0.1) is 5.69 Å². The number of nitrogens with zero attached hydrogens (tertiary/aromatic N) is 1. The summed E-state index contributed by atoms with van der Waals surface area (Å²) in [5.41, 5.74) is 8.13. The van der Waals surface area contributed by atoms with Crippen LogP contribution in [0.3, 0.4) is 0 Å². The van der Waals surface area contributed by atoms with E-state index in [9.17, 15) is 0 Å². The van der Waals surface area contributed by atoms with Crippen LogP contribution in [0.5, 0.6) is 0 Å². The van der Waals surface area contributed by atoms with Crippen molar-refractivity contribution in [1.29, 1.82) is 0 Å². The number of hydrogen-bond acceptors (Lipinski definition) is 1. The first-order valence-electron chi connectivity index (χ1n) is 11.2. The van der Waals surface area contributed by atoms with Crippen molar-refractivity contribution < 1.29 is 0 Å². The summed E-state index contributed by atoms with van der Waals surface area (Å²) in [6.45, 7) is 0. The molecule has 0 aliphatic heterocycles. The SMILES string of the molecule is C(=C(/c1ccccc1)c1ccccc1N(c1ccccc1)c1ccccc1)/c1ccccc1. The monoisotopic (exact) mass is 423 g/mol. The van der Waals surface area contributed by atoms with E-state index in [0.29, 0.717) is 0 Å². The van der Waals surface area contributed by atoms with Crippen LogP contribution < -0.4 is 4.90 Å². The van der Waals surface area contributed by atoms with Crippen LogP contribution in [-0.2, 0) is 0 Å². The summed E-state index contributed by atoms with van der Waals surface area (Å²) < 4.78 is 0. The van der Waals surface area contributed by atoms with Crippen LogP contribution in [-0.4, -0.2) is 0 Å². The molecule has 0 aliphatic rings. The molecule has 0 unspecified atom stereocenters. The van der Waals surface area contributed by atoms with Crippen molar-refractivity contribution in [1.82, 2.24) is 0 Å². The average Bonchev–Trinajstić information content (AvgIpc) is 2.90. The summed E-state index contributed by atoms with van der Waals surface area (Å²) >= 11 is 0. The Bertz CT molecular complexity index is 1290. The van der Waals surface area contributed by atoms with Gasteiger partial charge in [-0.05, 0) is 53.1 Å². The van der Waals surface area contributed by atoms with Crippen LogP contribution in [0.2, 0.25) is 0 Å². The van der Waals surface area contributed by atoms with Crippen LogP contribution in [0.25, 0.3) is 11.6 Å². The minimum atomic E-state index is 1.13. The first-order valence-corrected chi connectivity index (χ1v) is 11.2. The molecule has 0 radical (unpaired) electrons. The smallest absolute Gasteiger partial charge is 0.0540 e. The number of para-hydroxylation sites is 3. The minimum Gasteiger partial charge on any atom is -0.310 e. The lowest BCUT2D eigenvalue weighted by Gasteiger charge is -2.28. The molecule has 0 atom stereocenters. The van der Waals surface area contributed by atoms with Gasteiger partial charge in [-0.2, -0.15) is 0 Å². The van der Waals surface area contributed by atoms with E-state index < -0.39 is 0 Å². The topological polar surface area (TPSA) is 3.24 Å². The standard InChI is InChI=1S/C32H25N/c1-5-15-26(16-6-1)25-31(27-17-7-2-8-18-27)30-23-13-14-24-32(30)33(28-19-9-3-10-20-28)29-21-11-4-12-22-29/h1-25H/b31-25+. The molecule has 0 amide bonds. The minimum absolute atomic E-state index is 1.13. The van der Waals surface area contributed by atoms with Gasteiger partial charge in [0.2, 0.25) is 0 Å². The number of anilines is 3. The second-order valence-corrected chi connectivity index (χ2v) is 7.86. The predicted octanol–water partition coefficient (Wildman–Crippen LogP) is 8.75. The largest absolute Gasteiger partial charge is 0.310 e. The highest BCUT2D eigenvalue weighted by molar-refractivity contribution is 5.97. The summed E-state index contributed by atoms with van der Waals surface area (Å²) in [4.78, 5) is 2.33. The third-order valence-electron chi connectivity index (χ3n) is 5.66. The van der Waals surface area contributed by atoms with Crippen molar-refractivity contribution in [2.24, 2.45) is 0 Å². The summed E-state index contributed by atoms with van der Waals surface area (Å²) in [5, 5.41) is 0. The van der Waals surface area contributed by atoms with Gasteiger partial charge in [-0.1, -0.05) is 115 Å². The maximum atomic E-state index is 2.33. The summed E-state index contributed by atoms with van der Waals surface area (Å²) in [7, 11) is 0. The van der Waals surface area contributed by atoms with Gasteiger partial charge in [-0.3, -0.25) is 0 Å². The molecular formula is C32H25N. The molecule has 158 valence electrons. The summed E-state index contributed by atoms with van der Waals surface area (Å²) in [6, 6.07) is 50.9. The Balaban J connectivity index is 1.75. The van der Waals surface area contributed by atoms with E-state index in [2.05, 4.69) is 157 Å². The molecule has 1 heteroatoms. The first kappa shape index (κ1) is 20.5. The zero-order valence-corrected chi connectivity index (χ0v) is 18.4. The highest BCUT2D eigenvalue weighted by atomic mass is 15.1. The molecule has 0 heterocycles. The first-order chi connectivity index (χ1) is 16.4. The van der Waals surface area contributed by atoms with Gasteiger partial charge < -0.3 is 4.90 Å². The lowest BCUT2D eigenvalue weighted by atomic mass is 9.93. The highest BCUT2D eigenvalue weighted by Gasteiger charge is 2.18. The second-order valence-electron chi connectivity index (χ2n) is 7.86. The van der Waals surface area contributed by atoms with Crippen molar-refractivity contribution in [3.8, 4) is 0 Å². The molecule has 0 aliphatic carbocycles. The summed E-state index contributed by atoms with van der Waals surface area (Å²) in [6.07, 6.45) is 2.28. The van der Waals surface area contributed by atoms with Crippen molar-refractivity contribution >= 4 is 28.7 Å². The molecule has 0 aromatic heterocycles. The maximum Gasteiger partial charge on any atom is 0.0540 e. The van der Waals surface area contributed by atoms with E-state index in [-0.39, 0.29) is 0 Å². The molecule has 0 saturated heterocycles. The summed E-state index contributed by atoms with van der Waals surface area (Å²) in [5.74, 6) is 0. The zero-order valence-electron chi connectivity index (χ0n) is 18.4. The van der Waals surface area contributed by atoms with Crippen molar-refractivity contribution in [2.45, 2.75) is 0 Å². The molecule has 5 aromatic rings. The Hall–Kier alpha value is -4.36. The fourth-order valence-corrected chi connectivity index (χ4v) is 4.13. The third-order valence-corrected chi connectivity index (χ3v) is 5.66. The third kappa shape index (κ3) is 4.63. The second kappa shape index (κ2) is 9.84. The Labute approximate surface area is 195 Å². The van der Waals surface area contributed by atoms with E-state index >= 15 is 0 Å². The van der Waals surface area contributed by atoms with Crippen molar-refractivity contribution in [2.75, 3.05) is 4.90 Å². The van der Waals surface area contributed by atoms with Gasteiger partial charge in [0, 0.05) is 16.9 Å². The maximum absolute atomic E-state index is 2.33. The molecule has 0 spiro atoms. The molecule has 1 nitrogen and oxygen atoms in total. The van der Waals surface area contributed by atoms with Crippen LogP contribution in [0, 0.1) is 0 Å². The van der Waals surface area contributed by atoms with Crippen molar-refractivity contribution in [3.63, 3.8) is 0 Å². The van der Waals surface area contributed by atoms with Crippen LogP contribution in [0.15, 0.2) is 146 Å². The van der Waals surface area contributed by atoms with E-state index in [1.165, 1.54) is 22.3 Å². The highest BCUT2D eigenvalue weighted by Crippen LogP contribution is 2.40. The molecule has 0 fully saturated rings. The van der Waals surface area contributed by atoms with Gasteiger partial charge in [0.25, 0.3) is 0 Å². The average molecular weight is 424 g/mol. The van der Waals surface area contributed by atoms with Crippen LogP contribution in [0.1, 0.15) is 16.7 Å². The van der Waals surface area contributed by atoms with Gasteiger partial charge >= 0.3 is 0 Å². The number of benzene rings is 5. The van der Waals surface area contributed by atoms with E-state index in [1.54, 1.807) is 0 Å². The molecule has 0 saturated carbocycles. The van der Waals surface area contributed by atoms with E-state index in [0.717, 1.165) is 17.1 Å². The van der Waals surface area contributed by atoms with E-state index in [1.807, 2.05) is 0 Å². The van der Waals surface area contributed by atoms with Crippen molar-refractivity contribution in [3.05, 3.63) is 162 Å². The Morgan fingerprint density at radius 2 is 0.909 bits per heavy atom. The number of hydrogen-bond donors (Lipinski definition) is 0. The molecule has 5 rings (SSSR count). The Morgan fingerprint density at radius 1 is 0.455 bits per heavy atom. The molecule has 5 aromatic carbocycles. The molecular weight excluding hydrogens is 398 g/mol.